The number of hydrogen-bond donors (Lipinski definition) is 1. The Hall–Kier alpha value is -1.85. The molecule has 0 aliphatic heterocycles. The maximum absolute atomic E-state index is 12.3. The molecule has 1 N–H and O–H groups in total. The predicted molar refractivity (Wildman–Crippen MR) is 84.5 cm³/mol. The zero-order valence-corrected chi connectivity index (χ0v) is 13.4. The molecule has 2 rings (SSSR count). The highest BCUT2D eigenvalue weighted by Crippen LogP contribution is 2.29. The van der Waals surface area contributed by atoms with Crippen LogP contribution in [0.25, 0.3) is 0 Å². The average molecular weight is 324 g/mol. The second kappa shape index (κ2) is 6.28. The number of hydrogen-bond acceptors (Lipinski definition) is 4. The lowest BCUT2D eigenvalue weighted by molar-refractivity contribution is 0.0607. The van der Waals surface area contributed by atoms with Crippen molar-refractivity contribution in [3.8, 4) is 0 Å². The maximum atomic E-state index is 12.3. The lowest BCUT2D eigenvalue weighted by Gasteiger charge is -2.09. The van der Waals surface area contributed by atoms with Crippen molar-refractivity contribution in [1.29, 1.82) is 0 Å². The molecule has 21 heavy (non-hydrogen) atoms. The number of rotatable bonds is 3. The number of halogens is 1. The molecule has 1 aromatic heterocycles. The molecular formula is C15H14ClNO3S. The van der Waals surface area contributed by atoms with E-state index in [-0.39, 0.29) is 5.91 Å². The number of aryl methyl sites for hydroxylation is 2. The second-order valence-corrected chi connectivity index (χ2v) is 5.84. The quantitative estimate of drug-likeness (QED) is 0.867. The molecule has 0 unspecified atom stereocenters. The van der Waals surface area contributed by atoms with Crippen LogP contribution in [-0.2, 0) is 4.74 Å². The van der Waals surface area contributed by atoms with Crippen LogP contribution in [0.2, 0.25) is 5.02 Å². The average Bonchev–Trinajstić information content (AvgIpc) is 2.79. The number of ether oxygens (including phenoxy) is 1. The number of amides is 1. The molecule has 0 saturated carbocycles. The molecule has 0 fully saturated rings. The topological polar surface area (TPSA) is 55.4 Å². The first-order valence-electron chi connectivity index (χ1n) is 6.18. The van der Waals surface area contributed by atoms with Gasteiger partial charge in [-0.05, 0) is 42.5 Å². The molecule has 0 atom stereocenters. The number of anilines is 1. The van der Waals surface area contributed by atoms with Crippen molar-refractivity contribution < 1.29 is 14.3 Å². The van der Waals surface area contributed by atoms with E-state index in [9.17, 15) is 9.59 Å². The number of esters is 1. The van der Waals surface area contributed by atoms with Gasteiger partial charge in [-0.1, -0.05) is 17.7 Å². The van der Waals surface area contributed by atoms with Gasteiger partial charge >= 0.3 is 5.97 Å². The second-order valence-electron chi connectivity index (χ2n) is 4.55. The predicted octanol–water partition coefficient (Wildman–Crippen LogP) is 4.06. The standard InChI is InChI=1S/C15H14ClNO3S/c1-8-4-5-10(11(16)6-8)14(18)17-12-9(2)7-21-13(12)15(19)20-3/h4-7H,1-3H3,(H,17,18). The van der Waals surface area contributed by atoms with E-state index in [1.807, 2.05) is 19.9 Å². The largest absolute Gasteiger partial charge is 0.465 e. The third-order valence-electron chi connectivity index (χ3n) is 2.95. The summed E-state index contributed by atoms with van der Waals surface area (Å²) in [5.74, 6) is -0.829. The molecule has 0 bridgehead atoms. The van der Waals surface area contributed by atoms with Gasteiger partial charge in [0.25, 0.3) is 5.91 Å². The number of thiophene rings is 1. The van der Waals surface area contributed by atoms with Crippen LogP contribution in [0.3, 0.4) is 0 Å². The van der Waals surface area contributed by atoms with E-state index in [1.165, 1.54) is 18.4 Å². The molecule has 1 amide bonds. The summed E-state index contributed by atoms with van der Waals surface area (Å²) >= 11 is 7.31. The lowest BCUT2D eigenvalue weighted by atomic mass is 10.1. The normalized spacial score (nSPS) is 10.3. The Bertz CT molecular complexity index is 709. The van der Waals surface area contributed by atoms with Gasteiger partial charge < -0.3 is 10.1 Å². The first-order chi connectivity index (χ1) is 9.93. The number of nitrogens with one attached hydrogen (secondary N) is 1. The van der Waals surface area contributed by atoms with Crippen LogP contribution >= 0.6 is 22.9 Å². The molecule has 0 saturated heterocycles. The zero-order valence-electron chi connectivity index (χ0n) is 11.8. The van der Waals surface area contributed by atoms with E-state index in [2.05, 4.69) is 5.32 Å². The van der Waals surface area contributed by atoms with E-state index >= 15 is 0 Å². The number of carbonyl (C=O) groups excluding carboxylic acids is 2. The van der Waals surface area contributed by atoms with Crippen LogP contribution < -0.4 is 5.32 Å². The molecule has 1 aromatic carbocycles. The van der Waals surface area contributed by atoms with Gasteiger partial charge in [-0.2, -0.15) is 0 Å². The monoisotopic (exact) mass is 323 g/mol. The van der Waals surface area contributed by atoms with Gasteiger partial charge in [0.15, 0.2) is 0 Å². The Morgan fingerprint density at radius 1 is 1.29 bits per heavy atom. The highest BCUT2D eigenvalue weighted by atomic mass is 35.5. The molecule has 6 heteroatoms. The minimum absolute atomic E-state index is 0.355. The van der Waals surface area contributed by atoms with Gasteiger partial charge in [0.2, 0.25) is 0 Å². The van der Waals surface area contributed by atoms with E-state index in [1.54, 1.807) is 17.5 Å². The smallest absolute Gasteiger partial charge is 0.350 e. The maximum Gasteiger partial charge on any atom is 0.350 e. The molecule has 0 aliphatic rings. The van der Waals surface area contributed by atoms with Gasteiger partial charge in [-0.3, -0.25) is 4.79 Å². The number of methoxy groups -OCH3 is 1. The van der Waals surface area contributed by atoms with E-state index in [0.29, 0.717) is 21.2 Å². The van der Waals surface area contributed by atoms with Crippen molar-refractivity contribution in [3.05, 3.63) is 50.2 Å². The van der Waals surface area contributed by atoms with Crippen LogP contribution in [0.5, 0.6) is 0 Å². The molecule has 110 valence electrons. The Balaban J connectivity index is 2.32. The summed E-state index contributed by atoms with van der Waals surface area (Å²) in [5, 5.41) is 4.90. The van der Waals surface area contributed by atoms with Crippen LogP contribution in [-0.4, -0.2) is 19.0 Å². The third-order valence-corrected chi connectivity index (χ3v) is 4.34. The van der Waals surface area contributed by atoms with Gasteiger partial charge in [-0.15, -0.1) is 11.3 Å². The summed E-state index contributed by atoms with van der Waals surface area (Å²) < 4.78 is 4.71. The third kappa shape index (κ3) is 3.25. The minimum Gasteiger partial charge on any atom is -0.465 e. The fraction of sp³-hybridized carbons (Fsp3) is 0.200. The van der Waals surface area contributed by atoms with Gasteiger partial charge in [0.05, 0.1) is 23.4 Å². The highest BCUT2D eigenvalue weighted by molar-refractivity contribution is 7.12. The Morgan fingerprint density at radius 2 is 2.00 bits per heavy atom. The van der Waals surface area contributed by atoms with Crippen LogP contribution in [0.4, 0.5) is 5.69 Å². The fourth-order valence-corrected chi connectivity index (χ4v) is 3.07. The van der Waals surface area contributed by atoms with E-state index in [0.717, 1.165) is 11.1 Å². The minimum atomic E-state index is -0.474. The Kier molecular flexibility index (Phi) is 4.65. The summed E-state index contributed by atoms with van der Waals surface area (Å²) in [5.41, 5.74) is 2.60. The first kappa shape index (κ1) is 15.5. The lowest BCUT2D eigenvalue weighted by Crippen LogP contribution is -2.15. The summed E-state index contributed by atoms with van der Waals surface area (Å²) in [6.07, 6.45) is 0. The molecule has 0 aliphatic carbocycles. The van der Waals surface area contributed by atoms with Crippen molar-refractivity contribution in [2.24, 2.45) is 0 Å². The van der Waals surface area contributed by atoms with Crippen molar-refractivity contribution in [1.82, 2.24) is 0 Å². The highest BCUT2D eigenvalue weighted by Gasteiger charge is 2.20. The summed E-state index contributed by atoms with van der Waals surface area (Å²) in [6, 6.07) is 5.19. The van der Waals surface area contributed by atoms with E-state index < -0.39 is 5.97 Å². The molecule has 0 spiro atoms. The van der Waals surface area contributed by atoms with Crippen molar-refractivity contribution in [2.75, 3.05) is 12.4 Å². The Labute approximate surface area is 131 Å². The van der Waals surface area contributed by atoms with Crippen molar-refractivity contribution in [3.63, 3.8) is 0 Å². The molecular weight excluding hydrogens is 310 g/mol. The summed E-state index contributed by atoms with van der Waals surface area (Å²) in [4.78, 5) is 24.4. The Morgan fingerprint density at radius 3 is 2.62 bits per heavy atom. The molecule has 4 nitrogen and oxygen atoms in total. The number of benzene rings is 1. The molecule has 0 radical (unpaired) electrons. The van der Waals surface area contributed by atoms with Crippen molar-refractivity contribution in [2.45, 2.75) is 13.8 Å². The first-order valence-corrected chi connectivity index (χ1v) is 7.43. The molecule has 1 heterocycles. The number of carbonyl (C=O) groups is 2. The van der Waals surface area contributed by atoms with Gasteiger partial charge in [0, 0.05) is 0 Å². The van der Waals surface area contributed by atoms with Crippen LogP contribution in [0.1, 0.15) is 31.2 Å². The molecule has 2 aromatic rings. The van der Waals surface area contributed by atoms with Crippen LogP contribution in [0.15, 0.2) is 23.6 Å². The fourth-order valence-electron chi connectivity index (χ4n) is 1.83. The summed E-state index contributed by atoms with van der Waals surface area (Å²) in [7, 11) is 1.31. The summed E-state index contributed by atoms with van der Waals surface area (Å²) in [6.45, 7) is 3.71. The van der Waals surface area contributed by atoms with Gasteiger partial charge in [0.1, 0.15) is 4.88 Å². The van der Waals surface area contributed by atoms with E-state index in [4.69, 9.17) is 16.3 Å². The van der Waals surface area contributed by atoms with Crippen LogP contribution in [0, 0.1) is 13.8 Å². The van der Waals surface area contributed by atoms with Gasteiger partial charge in [-0.25, -0.2) is 4.79 Å². The zero-order chi connectivity index (χ0) is 15.6. The SMILES string of the molecule is COC(=O)c1scc(C)c1NC(=O)c1ccc(C)cc1Cl. The van der Waals surface area contributed by atoms with Crippen molar-refractivity contribution >= 4 is 40.5 Å².